The van der Waals surface area contributed by atoms with Crippen molar-refractivity contribution < 1.29 is 14.7 Å². The molecule has 2 aromatic rings. The van der Waals surface area contributed by atoms with Crippen LogP contribution in [-0.4, -0.2) is 59.5 Å². The number of carbonyl (C=O) groups is 2. The molecule has 2 aromatic carbocycles. The Labute approximate surface area is 147 Å². The fourth-order valence-corrected chi connectivity index (χ4v) is 3.57. The number of carboxylic acids is 1. The lowest BCUT2D eigenvalue weighted by Gasteiger charge is -2.25. The van der Waals surface area contributed by atoms with Crippen LogP contribution in [0.25, 0.3) is 10.8 Å². The van der Waals surface area contributed by atoms with Gasteiger partial charge in [-0.1, -0.05) is 30.3 Å². The summed E-state index contributed by atoms with van der Waals surface area (Å²) >= 11 is 0. The molecule has 0 spiro atoms. The molecular weight excluding hydrogens is 316 g/mol. The Morgan fingerprint density at radius 2 is 1.88 bits per heavy atom. The summed E-state index contributed by atoms with van der Waals surface area (Å²) in [5, 5.41) is 11.2. The van der Waals surface area contributed by atoms with Crippen LogP contribution >= 0.6 is 0 Å². The van der Waals surface area contributed by atoms with Crippen LogP contribution in [-0.2, 0) is 4.79 Å². The van der Waals surface area contributed by atoms with Crippen molar-refractivity contribution in [3.63, 3.8) is 0 Å². The standard InChI is InChI=1S/C20H24N2O3/c1-21(14-19(23)24)18-7-4-11-22(12-10-18)20(25)17-9-8-15-5-2-3-6-16(15)13-17/h2-3,5-6,8-9,13,18H,4,7,10-12,14H2,1H3,(H,23,24)/t18-/m0/s1. The first-order chi connectivity index (χ1) is 12.0. The normalized spacial score (nSPS) is 18.3. The summed E-state index contributed by atoms with van der Waals surface area (Å²) in [6, 6.07) is 14.1. The van der Waals surface area contributed by atoms with Crippen molar-refractivity contribution in [3.8, 4) is 0 Å². The van der Waals surface area contributed by atoms with E-state index in [2.05, 4.69) is 0 Å². The van der Waals surface area contributed by atoms with Crippen molar-refractivity contribution in [2.24, 2.45) is 0 Å². The second kappa shape index (κ2) is 7.66. The van der Waals surface area contributed by atoms with Crippen molar-refractivity contribution in [2.75, 3.05) is 26.7 Å². The third-order valence-electron chi connectivity index (χ3n) is 4.99. The number of likely N-dealkylation sites (tertiary alicyclic amines) is 1. The first kappa shape index (κ1) is 17.4. The van der Waals surface area contributed by atoms with E-state index >= 15 is 0 Å². The van der Waals surface area contributed by atoms with Gasteiger partial charge in [-0.25, -0.2) is 0 Å². The topological polar surface area (TPSA) is 60.9 Å². The summed E-state index contributed by atoms with van der Waals surface area (Å²) in [7, 11) is 1.85. The second-order valence-corrected chi connectivity index (χ2v) is 6.75. The van der Waals surface area contributed by atoms with E-state index in [0.717, 1.165) is 42.1 Å². The SMILES string of the molecule is CN(CC(=O)O)[C@H]1CCCN(C(=O)c2ccc3ccccc3c2)CC1. The minimum absolute atomic E-state index is 0.0449. The molecular formula is C20H24N2O3. The number of nitrogens with zero attached hydrogens (tertiary/aromatic N) is 2. The van der Waals surface area contributed by atoms with Crippen LogP contribution < -0.4 is 0 Å². The van der Waals surface area contributed by atoms with Gasteiger partial charge in [0.25, 0.3) is 5.91 Å². The van der Waals surface area contributed by atoms with Crippen LogP contribution in [0.15, 0.2) is 42.5 Å². The Kier molecular flexibility index (Phi) is 5.34. The van der Waals surface area contributed by atoms with Crippen LogP contribution in [0.2, 0.25) is 0 Å². The Morgan fingerprint density at radius 3 is 2.64 bits per heavy atom. The van der Waals surface area contributed by atoms with Gasteiger partial charge >= 0.3 is 5.97 Å². The Bertz CT molecular complexity index is 774. The fourth-order valence-electron chi connectivity index (χ4n) is 3.57. The minimum Gasteiger partial charge on any atom is -0.480 e. The van der Waals surface area contributed by atoms with E-state index in [1.54, 1.807) is 0 Å². The number of aliphatic carboxylic acids is 1. The van der Waals surface area contributed by atoms with Gasteiger partial charge < -0.3 is 10.0 Å². The second-order valence-electron chi connectivity index (χ2n) is 6.75. The molecule has 5 heteroatoms. The van der Waals surface area contributed by atoms with Crippen LogP contribution in [0.1, 0.15) is 29.6 Å². The van der Waals surface area contributed by atoms with E-state index in [1.165, 1.54) is 0 Å². The van der Waals surface area contributed by atoms with Crippen molar-refractivity contribution in [1.82, 2.24) is 9.80 Å². The van der Waals surface area contributed by atoms with Crippen LogP contribution in [0, 0.1) is 0 Å². The zero-order chi connectivity index (χ0) is 17.8. The molecule has 1 N–H and O–H groups in total. The van der Waals surface area contributed by atoms with Crippen LogP contribution in [0.3, 0.4) is 0 Å². The number of likely N-dealkylation sites (N-methyl/N-ethyl adjacent to an activating group) is 1. The third kappa shape index (κ3) is 4.17. The van der Waals surface area contributed by atoms with Crippen molar-refractivity contribution in [1.29, 1.82) is 0 Å². The highest BCUT2D eigenvalue weighted by Gasteiger charge is 2.24. The molecule has 0 saturated carbocycles. The maximum atomic E-state index is 12.9. The summed E-state index contributed by atoms with van der Waals surface area (Å²) in [5.41, 5.74) is 0.719. The number of amides is 1. The summed E-state index contributed by atoms with van der Waals surface area (Å²) in [5.74, 6) is -0.747. The number of hydrogen-bond donors (Lipinski definition) is 1. The van der Waals surface area contributed by atoms with Gasteiger partial charge in [-0.15, -0.1) is 0 Å². The number of rotatable bonds is 4. The average Bonchev–Trinajstić information content (AvgIpc) is 2.86. The number of carbonyl (C=O) groups excluding carboxylic acids is 1. The van der Waals surface area contributed by atoms with E-state index in [9.17, 15) is 9.59 Å². The number of fused-ring (bicyclic) bond motifs is 1. The lowest BCUT2D eigenvalue weighted by Crippen LogP contribution is -2.37. The lowest BCUT2D eigenvalue weighted by atomic mass is 10.1. The molecule has 1 aliphatic rings. The monoisotopic (exact) mass is 340 g/mol. The third-order valence-corrected chi connectivity index (χ3v) is 4.99. The molecule has 3 rings (SSSR count). The molecule has 1 aliphatic heterocycles. The molecule has 1 heterocycles. The predicted molar refractivity (Wildman–Crippen MR) is 97.8 cm³/mol. The van der Waals surface area contributed by atoms with E-state index < -0.39 is 5.97 Å². The fraction of sp³-hybridized carbons (Fsp3) is 0.400. The quantitative estimate of drug-likeness (QED) is 0.930. The largest absolute Gasteiger partial charge is 0.480 e. The van der Waals surface area contributed by atoms with E-state index in [1.807, 2.05) is 59.3 Å². The van der Waals surface area contributed by atoms with E-state index in [4.69, 9.17) is 5.11 Å². The Balaban J connectivity index is 1.68. The summed E-state index contributed by atoms with van der Waals surface area (Å²) < 4.78 is 0. The molecule has 0 aromatic heterocycles. The number of carboxylic acid groups (broad SMARTS) is 1. The molecule has 0 aliphatic carbocycles. The van der Waals surface area contributed by atoms with Crippen molar-refractivity contribution in [3.05, 3.63) is 48.0 Å². The molecule has 0 radical (unpaired) electrons. The van der Waals surface area contributed by atoms with Gasteiger partial charge in [0, 0.05) is 24.7 Å². The van der Waals surface area contributed by atoms with Gasteiger partial charge in [0.15, 0.2) is 0 Å². The Morgan fingerprint density at radius 1 is 1.12 bits per heavy atom. The highest BCUT2D eigenvalue weighted by Crippen LogP contribution is 2.20. The van der Waals surface area contributed by atoms with Gasteiger partial charge in [-0.3, -0.25) is 14.5 Å². The molecule has 25 heavy (non-hydrogen) atoms. The number of hydrogen-bond acceptors (Lipinski definition) is 3. The minimum atomic E-state index is -0.809. The van der Waals surface area contributed by atoms with E-state index in [-0.39, 0.29) is 18.5 Å². The van der Waals surface area contributed by atoms with Gasteiger partial charge in [0.1, 0.15) is 0 Å². The molecule has 5 nitrogen and oxygen atoms in total. The van der Waals surface area contributed by atoms with Crippen LogP contribution in [0.4, 0.5) is 0 Å². The summed E-state index contributed by atoms with van der Waals surface area (Å²) in [6.45, 7) is 1.44. The van der Waals surface area contributed by atoms with Gasteiger partial charge in [-0.05, 0) is 49.2 Å². The number of benzene rings is 2. The smallest absolute Gasteiger partial charge is 0.317 e. The van der Waals surface area contributed by atoms with E-state index in [0.29, 0.717) is 6.54 Å². The summed E-state index contributed by atoms with van der Waals surface area (Å²) in [6.07, 6.45) is 2.63. The zero-order valence-corrected chi connectivity index (χ0v) is 14.5. The van der Waals surface area contributed by atoms with Crippen LogP contribution in [0.5, 0.6) is 0 Å². The molecule has 1 saturated heterocycles. The highest BCUT2D eigenvalue weighted by molar-refractivity contribution is 5.98. The van der Waals surface area contributed by atoms with Gasteiger partial charge in [-0.2, -0.15) is 0 Å². The summed E-state index contributed by atoms with van der Waals surface area (Å²) in [4.78, 5) is 27.5. The molecule has 132 valence electrons. The first-order valence-corrected chi connectivity index (χ1v) is 8.74. The molecule has 1 fully saturated rings. The molecule has 0 bridgehead atoms. The van der Waals surface area contributed by atoms with Gasteiger partial charge in [0.2, 0.25) is 0 Å². The highest BCUT2D eigenvalue weighted by atomic mass is 16.4. The lowest BCUT2D eigenvalue weighted by molar-refractivity contribution is -0.138. The first-order valence-electron chi connectivity index (χ1n) is 8.74. The van der Waals surface area contributed by atoms with Crippen molar-refractivity contribution >= 4 is 22.6 Å². The molecule has 1 atom stereocenters. The van der Waals surface area contributed by atoms with Crippen molar-refractivity contribution in [2.45, 2.75) is 25.3 Å². The zero-order valence-electron chi connectivity index (χ0n) is 14.5. The van der Waals surface area contributed by atoms with Gasteiger partial charge in [0.05, 0.1) is 6.54 Å². The Hall–Kier alpha value is -2.40. The molecule has 1 amide bonds. The molecule has 0 unspecified atom stereocenters. The maximum absolute atomic E-state index is 12.9. The maximum Gasteiger partial charge on any atom is 0.317 e. The average molecular weight is 340 g/mol. The predicted octanol–water partition coefficient (Wildman–Crippen LogP) is 2.85.